The van der Waals surface area contributed by atoms with Crippen molar-refractivity contribution >= 4 is 0 Å². The van der Waals surface area contributed by atoms with Crippen LogP contribution < -0.4 is 5.32 Å². The normalized spacial score (nSPS) is 27.7. The van der Waals surface area contributed by atoms with Gasteiger partial charge in [-0.2, -0.15) is 13.2 Å². The summed E-state index contributed by atoms with van der Waals surface area (Å²) >= 11 is 0. The second-order valence-corrected chi connectivity index (χ2v) is 4.07. The Bertz CT molecular complexity index is 200. The highest BCUT2D eigenvalue weighted by Crippen LogP contribution is 2.37. The van der Waals surface area contributed by atoms with E-state index in [1.807, 2.05) is 0 Å². The van der Waals surface area contributed by atoms with E-state index < -0.39 is 18.1 Å². The van der Waals surface area contributed by atoms with Crippen LogP contribution in [0.25, 0.3) is 0 Å². The molecule has 2 atom stereocenters. The fourth-order valence-electron chi connectivity index (χ4n) is 2.14. The van der Waals surface area contributed by atoms with Gasteiger partial charge in [-0.15, -0.1) is 6.58 Å². The van der Waals surface area contributed by atoms with E-state index in [1.54, 1.807) is 6.08 Å². The monoisotopic (exact) mass is 221 g/mol. The minimum Gasteiger partial charge on any atom is -0.313 e. The first-order chi connectivity index (χ1) is 7.05. The van der Waals surface area contributed by atoms with Crippen LogP contribution in [-0.4, -0.2) is 18.8 Å². The van der Waals surface area contributed by atoms with Gasteiger partial charge in [-0.25, -0.2) is 0 Å². The van der Waals surface area contributed by atoms with Crippen LogP contribution in [0.15, 0.2) is 12.7 Å². The molecule has 1 saturated carbocycles. The zero-order chi connectivity index (χ0) is 11.3. The topological polar surface area (TPSA) is 12.0 Å². The van der Waals surface area contributed by atoms with Crippen LogP contribution in [0.3, 0.4) is 0 Å². The lowest BCUT2D eigenvalue weighted by molar-refractivity contribution is -0.188. The number of rotatable bonds is 4. The molecule has 0 radical (unpaired) electrons. The average molecular weight is 221 g/mol. The van der Waals surface area contributed by atoms with Gasteiger partial charge in [0.15, 0.2) is 0 Å². The molecule has 0 aliphatic heterocycles. The van der Waals surface area contributed by atoms with Gasteiger partial charge in [-0.1, -0.05) is 18.9 Å². The zero-order valence-electron chi connectivity index (χ0n) is 8.82. The van der Waals surface area contributed by atoms with Crippen molar-refractivity contribution in [3.8, 4) is 0 Å². The lowest BCUT2D eigenvalue weighted by Crippen LogP contribution is -2.45. The van der Waals surface area contributed by atoms with Gasteiger partial charge in [0, 0.05) is 6.04 Å². The maximum atomic E-state index is 12.6. The van der Waals surface area contributed by atoms with Gasteiger partial charge in [0.05, 0.1) is 5.92 Å². The molecule has 0 bridgehead atoms. The van der Waals surface area contributed by atoms with Gasteiger partial charge in [0.25, 0.3) is 0 Å². The summed E-state index contributed by atoms with van der Waals surface area (Å²) < 4.78 is 37.9. The zero-order valence-corrected chi connectivity index (χ0v) is 8.82. The maximum Gasteiger partial charge on any atom is 0.393 e. The SMILES string of the molecule is C=CCCNC1CCCCC1C(F)(F)F. The fourth-order valence-corrected chi connectivity index (χ4v) is 2.14. The smallest absolute Gasteiger partial charge is 0.313 e. The van der Waals surface area contributed by atoms with Crippen molar-refractivity contribution in [2.75, 3.05) is 6.54 Å². The summed E-state index contributed by atoms with van der Waals surface area (Å²) in [5.41, 5.74) is 0. The summed E-state index contributed by atoms with van der Waals surface area (Å²) in [5.74, 6) is -1.16. The summed E-state index contributed by atoms with van der Waals surface area (Å²) in [4.78, 5) is 0. The number of nitrogens with one attached hydrogen (secondary N) is 1. The minimum atomic E-state index is -4.05. The molecule has 4 heteroatoms. The molecule has 1 aliphatic carbocycles. The molecule has 0 amide bonds. The fraction of sp³-hybridized carbons (Fsp3) is 0.818. The lowest BCUT2D eigenvalue weighted by atomic mass is 9.84. The first-order valence-corrected chi connectivity index (χ1v) is 5.46. The van der Waals surface area contributed by atoms with Crippen LogP contribution in [0.4, 0.5) is 13.2 Å². The van der Waals surface area contributed by atoms with Crippen LogP contribution >= 0.6 is 0 Å². The molecule has 1 rings (SSSR count). The third kappa shape index (κ3) is 3.86. The highest BCUT2D eigenvalue weighted by Gasteiger charge is 2.45. The van der Waals surface area contributed by atoms with E-state index in [2.05, 4.69) is 11.9 Å². The van der Waals surface area contributed by atoms with E-state index in [0.29, 0.717) is 19.4 Å². The number of alkyl halides is 3. The van der Waals surface area contributed by atoms with Crippen molar-refractivity contribution in [2.24, 2.45) is 5.92 Å². The quantitative estimate of drug-likeness (QED) is 0.567. The van der Waals surface area contributed by atoms with Gasteiger partial charge in [-0.3, -0.25) is 0 Å². The lowest BCUT2D eigenvalue weighted by Gasteiger charge is -2.33. The summed E-state index contributed by atoms with van der Waals surface area (Å²) in [5, 5.41) is 2.99. The Labute approximate surface area is 88.7 Å². The third-order valence-corrected chi connectivity index (χ3v) is 2.94. The Morgan fingerprint density at radius 1 is 1.27 bits per heavy atom. The van der Waals surface area contributed by atoms with Gasteiger partial charge >= 0.3 is 6.18 Å². The molecule has 1 aliphatic rings. The molecule has 0 heterocycles. The van der Waals surface area contributed by atoms with Crippen molar-refractivity contribution < 1.29 is 13.2 Å². The van der Waals surface area contributed by atoms with Crippen molar-refractivity contribution in [1.82, 2.24) is 5.32 Å². The second kappa shape index (κ2) is 5.54. The Morgan fingerprint density at radius 2 is 1.93 bits per heavy atom. The van der Waals surface area contributed by atoms with Gasteiger partial charge < -0.3 is 5.32 Å². The number of hydrogen-bond donors (Lipinski definition) is 1. The summed E-state index contributed by atoms with van der Waals surface area (Å²) in [6, 6.07) is -0.390. The van der Waals surface area contributed by atoms with Crippen molar-refractivity contribution in [3.05, 3.63) is 12.7 Å². The van der Waals surface area contributed by atoms with E-state index >= 15 is 0 Å². The van der Waals surface area contributed by atoms with E-state index in [1.165, 1.54) is 0 Å². The molecule has 1 N–H and O–H groups in total. The second-order valence-electron chi connectivity index (χ2n) is 4.07. The molecule has 1 fully saturated rings. The molecule has 1 nitrogen and oxygen atoms in total. The predicted octanol–water partition coefficient (Wildman–Crippen LogP) is 3.27. The molecular weight excluding hydrogens is 203 g/mol. The Hall–Kier alpha value is -0.510. The molecule has 0 aromatic rings. The number of halogens is 3. The van der Waals surface area contributed by atoms with E-state index in [4.69, 9.17) is 0 Å². The first-order valence-electron chi connectivity index (χ1n) is 5.46. The summed E-state index contributed by atoms with van der Waals surface area (Å²) in [6.07, 6.45) is 0.907. The minimum absolute atomic E-state index is 0.273. The molecule has 0 spiro atoms. The Kier molecular flexibility index (Phi) is 4.64. The summed E-state index contributed by atoms with van der Waals surface area (Å²) in [7, 11) is 0. The molecule has 0 aromatic heterocycles. The molecule has 88 valence electrons. The molecule has 2 unspecified atom stereocenters. The van der Waals surface area contributed by atoms with Crippen molar-refractivity contribution in [1.29, 1.82) is 0 Å². The predicted molar refractivity (Wildman–Crippen MR) is 54.6 cm³/mol. The number of hydrogen-bond acceptors (Lipinski definition) is 1. The van der Waals surface area contributed by atoms with E-state index in [0.717, 1.165) is 12.8 Å². The molecule has 15 heavy (non-hydrogen) atoms. The molecule has 0 aromatic carbocycles. The van der Waals surface area contributed by atoms with Gasteiger partial charge in [0.1, 0.15) is 0 Å². The van der Waals surface area contributed by atoms with Crippen LogP contribution in [0.2, 0.25) is 0 Å². The highest BCUT2D eigenvalue weighted by molar-refractivity contribution is 4.86. The largest absolute Gasteiger partial charge is 0.393 e. The maximum absolute atomic E-state index is 12.6. The van der Waals surface area contributed by atoms with Crippen LogP contribution in [0.1, 0.15) is 32.1 Å². The Morgan fingerprint density at radius 3 is 2.53 bits per heavy atom. The third-order valence-electron chi connectivity index (χ3n) is 2.94. The molecular formula is C11H18F3N. The van der Waals surface area contributed by atoms with E-state index in [-0.39, 0.29) is 6.42 Å². The van der Waals surface area contributed by atoms with E-state index in [9.17, 15) is 13.2 Å². The van der Waals surface area contributed by atoms with Crippen LogP contribution in [-0.2, 0) is 0 Å². The van der Waals surface area contributed by atoms with Crippen molar-refractivity contribution in [3.63, 3.8) is 0 Å². The highest BCUT2D eigenvalue weighted by atomic mass is 19.4. The standard InChI is InChI=1S/C11H18F3N/c1-2-3-8-15-10-7-5-4-6-9(10)11(12,13)14/h2,9-10,15H,1,3-8H2. The first kappa shape index (κ1) is 12.6. The molecule has 0 saturated heterocycles. The van der Waals surface area contributed by atoms with Crippen molar-refractivity contribution in [2.45, 2.75) is 44.3 Å². The average Bonchev–Trinajstić information content (AvgIpc) is 2.17. The Balaban J connectivity index is 2.46. The van der Waals surface area contributed by atoms with Gasteiger partial charge in [0.2, 0.25) is 0 Å². The van der Waals surface area contributed by atoms with Gasteiger partial charge in [-0.05, 0) is 25.8 Å². The van der Waals surface area contributed by atoms with Crippen LogP contribution in [0, 0.1) is 5.92 Å². The summed E-state index contributed by atoms with van der Waals surface area (Å²) in [6.45, 7) is 4.15. The van der Waals surface area contributed by atoms with Crippen LogP contribution in [0.5, 0.6) is 0 Å².